The lowest BCUT2D eigenvalue weighted by Gasteiger charge is -2.09. The van der Waals surface area contributed by atoms with Gasteiger partial charge in [0.1, 0.15) is 23.8 Å². The molecular weight excluding hydrogens is 448 g/mol. The van der Waals surface area contributed by atoms with Gasteiger partial charge in [0.05, 0.1) is 5.71 Å². The molecule has 0 bridgehead atoms. The van der Waals surface area contributed by atoms with Crippen molar-refractivity contribution in [2.24, 2.45) is 5.16 Å². The van der Waals surface area contributed by atoms with Crippen LogP contribution in [0.5, 0.6) is 11.5 Å². The van der Waals surface area contributed by atoms with Gasteiger partial charge in [-0.25, -0.2) is 13.6 Å². The van der Waals surface area contributed by atoms with Gasteiger partial charge in [-0.3, -0.25) is 10.1 Å². The average molecular weight is 467 g/mol. The number of imide groups is 1. The number of oxime groups is 1. The predicted octanol–water partition coefficient (Wildman–Crippen LogP) is 4.60. The standard InChI is InChI=1S/C24H19F2N3O5/c1-14(16-7-10-20-21(11-16)33-13-32-20)29-34-12-15-5-8-17(9-6-15)27-24(31)28-23(30)22-18(25)3-2-4-19(22)26/h2-11H,12-13H2,1H3,(H2,27,28,30,31)/b29-14-. The van der Waals surface area contributed by atoms with Crippen LogP contribution in [0.25, 0.3) is 0 Å². The molecule has 0 aliphatic carbocycles. The van der Waals surface area contributed by atoms with Crippen molar-refractivity contribution in [1.29, 1.82) is 0 Å². The number of urea groups is 1. The number of hydrogen-bond acceptors (Lipinski definition) is 6. The smallest absolute Gasteiger partial charge is 0.326 e. The molecule has 0 aromatic heterocycles. The fraction of sp³-hybridized carbons (Fsp3) is 0.125. The van der Waals surface area contributed by atoms with E-state index in [1.165, 1.54) is 0 Å². The summed E-state index contributed by atoms with van der Waals surface area (Å²) in [4.78, 5) is 29.4. The third-order valence-corrected chi connectivity index (χ3v) is 4.85. The van der Waals surface area contributed by atoms with Gasteiger partial charge in [0.15, 0.2) is 11.5 Å². The molecule has 0 saturated heterocycles. The molecule has 1 aliphatic rings. The van der Waals surface area contributed by atoms with Gasteiger partial charge >= 0.3 is 6.03 Å². The van der Waals surface area contributed by atoms with Crippen molar-refractivity contribution >= 4 is 23.3 Å². The van der Waals surface area contributed by atoms with E-state index in [4.69, 9.17) is 14.3 Å². The highest BCUT2D eigenvalue weighted by Crippen LogP contribution is 2.32. The van der Waals surface area contributed by atoms with Gasteiger partial charge in [0, 0.05) is 11.3 Å². The SMILES string of the molecule is C/C(=N/OCc1ccc(NC(=O)NC(=O)c2c(F)cccc2F)cc1)c1ccc2c(c1)OCO2. The van der Waals surface area contributed by atoms with Gasteiger partial charge in [-0.15, -0.1) is 0 Å². The Morgan fingerprint density at radius 3 is 2.44 bits per heavy atom. The first kappa shape index (κ1) is 22.7. The molecule has 0 spiro atoms. The molecule has 0 radical (unpaired) electrons. The summed E-state index contributed by atoms with van der Waals surface area (Å²) in [5, 5.41) is 8.41. The van der Waals surface area contributed by atoms with E-state index in [2.05, 4.69) is 10.5 Å². The molecule has 0 fully saturated rings. The number of hydrogen-bond donors (Lipinski definition) is 2. The first-order valence-corrected chi connectivity index (χ1v) is 10.1. The third kappa shape index (κ3) is 5.29. The summed E-state index contributed by atoms with van der Waals surface area (Å²) < 4.78 is 38.0. The highest BCUT2D eigenvalue weighted by atomic mass is 19.1. The molecule has 8 nitrogen and oxygen atoms in total. The first-order chi connectivity index (χ1) is 16.4. The largest absolute Gasteiger partial charge is 0.454 e. The van der Waals surface area contributed by atoms with Crippen LogP contribution in [-0.2, 0) is 11.4 Å². The molecule has 174 valence electrons. The summed E-state index contributed by atoms with van der Waals surface area (Å²) in [6.45, 7) is 2.18. The normalized spacial score (nSPS) is 12.3. The van der Waals surface area contributed by atoms with Gasteiger partial charge in [0.25, 0.3) is 5.91 Å². The Bertz CT molecular complexity index is 1240. The van der Waals surface area contributed by atoms with Crippen molar-refractivity contribution in [3.63, 3.8) is 0 Å². The van der Waals surface area contributed by atoms with Crippen molar-refractivity contribution < 1.29 is 32.7 Å². The van der Waals surface area contributed by atoms with Crippen LogP contribution in [0.4, 0.5) is 19.3 Å². The Balaban J connectivity index is 1.28. The summed E-state index contributed by atoms with van der Waals surface area (Å²) >= 11 is 0. The Morgan fingerprint density at radius 2 is 1.71 bits per heavy atom. The number of anilines is 1. The molecule has 0 saturated carbocycles. The number of nitrogens with one attached hydrogen (secondary N) is 2. The van der Waals surface area contributed by atoms with E-state index in [0.717, 1.165) is 29.3 Å². The quantitative estimate of drug-likeness (QED) is 0.408. The molecular formula is C24H19F2N3O5. The molecule has 3 amide bonds. The third-order valence-electron chi connectivity index (χ3n) is 4.85. The Hall–Kier alpha value is -4.47. The summed E-state index contributed by atoms with van der Waals surface area (Å²) in [7, 11) is 0. The van der Waals surface area contributed by atoms with Gasteiger partial charge in [-0.05, 0) is 55.0 Å². The van der Waals surface area contributed by atoms with Gasteiger partial charge in [0.2, 0.25) is 6.79 Å². The lowest BCUT2D eigenvalue weighted by Crippen LogP contribution is -2.35. The highest BCUT2D eigenvalue weighted by Gasteiger charge is 2.19. The second kappa shape index (κ2) is 9.99. The van der Waals surface area contributed by atoms with E-state index in [9.17, 15) is 18.4 Å². The zero-order chi connectivity index (χ0) is 24.1. The first-order valence-electron chi connectivity index (χ1n) is 10.1. The lowest BCUT2D eigenvalue weighted by atomic mass is 10.1. The van der Waals surface area contributed by atoms with Crippen molar-refractivity contribution in [2.75, 3.05) is 12.1 Å². The van der Waals surface area contributed by atoms with Gasteiger partial charge < -0.3 is 19.6 Å². The monoisotopic (exact) mass is 467 g/mol. The summed E-state index contributed by atoms with van der Waals surface area (Å²) in [6, 6.07) is 14.1. The van der Waals surface area contributed by atoms with Crippen molar-refractivity contribution in [3.8, 4) is 11.5 Å². The Labute approximate surface area is 193 Å². The van der Waals surface area contributed by atoms with E-state index in [1.54, 1.807) is 37.3 Å². The fourth-order valence-corrected chi connectivity index (χ4v) is 3.10. The van der Waals surface area contributed by atoms with Crippen LogP contribution >= 0.6 is 0 Å². The fourth-order valence-electron chi connectivity index (χ4n) is 3.10. The lowest BCUT2D eigenvalue weighted by molar-refractivity contribution is 0.0959. The number of carbonyl (C=O) groups is 2. The number of fused-ring (bicyclic) bond motifs is 1. The molecule has 34 heavy (non-hydrogen) atoms. The maximum atomic E-state index is 13.7. The van der Waals surface area contributed by atoms with Crippen molar-refractivity contribution in [3.05, 3.63) is 89.0 Å². The average Bonchev–Trinajstić information content (AvgIpc) is 3.28. The van der Waals surface area contributed by atoms with Crippen LogP contribution in [0, 0.1) is 11.6 Å². The van der Waals surface area contributed by atoms with Crippen LogP contribution in [0.1, 0.15) is 28.4 Å². The molecule has 2 N–H and O–H groups in total. The molecule has 1 aliphatic heterocycles. The Kier molecular flexibility index (Phi) is 6.67. The van der Waals surface area contributed by atoms with E-state index in [0.29, 0.717) is 22.9 Å². The number of carbonyl (C=O) groups excluding carboxylic acids is 2. The minimum atomic E-state index is -1.19. The Morgan fingerprint density at radius 1 is 1.00 bits per heavy atom. The second-order valence-electron chi connectivity index (χ2n) is 7.22. The number of nitrogens with zero attached hydrogens (tertiary/aromatic N) is 1. The van der Waals surface area contributed by atoms with Crippen LogP contribution in [-0.4, -0.2) is 24.4 Å². The van der Waals surface area contributed by atoms with E-state index in [1.807, 2.05) is 17.4 Å². The van der Waals surface area contributed by atoms with E-state index >= 15 is 0 Å². The van der Waals surface area contributed by atoms with Crippen LogP contribution in [0.3, 0.4) is 0 Å². The van der Waals surface area contributed by atoms with Crippen LogP contribution in [0.2, 0.25) is 0 Å². The van der Waals surface area contributed by atoms with E-state index in [-0.39, 0.29) is 13.4 Å². The molecule has 3 aromatic carbocycles. The summed E-state index contributed by atoms with van der Waals surface area (Å²) in [5.74, 6) is -1.98. The van der Waals surface area contributed by atoms with Crippen molar-refractivity contribution in [2.45, 2.75) is 13.5 Å². The number of benzene rings is 3. The molecule has 1 heterocycles. The molecule has 4 rings (SSSR count). The second-order valence-corrected chi connectivity index (χ2v) is 7.22. The van der Waals surface area contributed by atoms with Gasteiger partial charge in [-0.1, -0.05) is 23.4 Å². The van der Waals surface area contributed by atoms with E-state index < -0.39 is 29.1 Å². The maximum Gasteiger partial charge on any atom is 0.326 e. The zero-order valence-electron chi connectivity index (χ0n) is 17.9. The van der Waals surface area contributed by atoms with Crippen LogP contribution < -0.4 is 20.1 Å². The minimum Gasteiger partial charge on any atom is -0.454 e. The zero-order valence-corrected chi connectivity index (χ0v) is 17.9. The maximum absolute atomic E-state index is 13.7. The molecule has 0 atom stereocenters. The molecule has 10 heteroatoms. The number of halogens is 2. The van der Waals surface area contributed by atoms with Crippen LogP contribution in [0.15, 0.2) is 65.8 Å². The summed E-state index contributed by atoms with van der Waals surface area (Å²) in [6.07, 6.45) is 0. The highest BCUT2D eigenvalue weighted by molar-refractivity contribution is 6.08. The number of rotatable bonds is 6. The number of amides is 3. The minimum absolute atomic E-state index is 0.180. The van der Waals surface area contributed by atoms with Gasteiger partial charge in [-0.2, -0.15) is 0 Å². The molecule has 3 aromatic rings. The van der Waals surface area contributed by atoms with Crippen molar-refractivity contribution in [1.82, 2.24) is 5.32 Å². The number of ether oxygens (including phenoxy) is 2. The topological polar surface area (TPSA) is 98.2 Å². The predicted molar refractivity (Wildman–Crippen MR) is 119 cm³/mol. The summed E-state index contributed by atoms with van der Waals surface area (Å²) in [5.41, 5.74) is 1.80. The molecule has 0 unspecified atom stereocenters.